The Kier molecular flexibility index (Phi) is 6.89. The van der Waals surface area contributed by atoms with E-state index in [2.05, 4.69) is 0 Å². The van der Waals surface area contributed by atoms with Crippen LogP contribution >= 0.6 is 0 Å². The fourth-order valence-electron chi connectivity index (χ4n) is 5.59. The lowest BCUT2D eigenvalue weighted by molar-refractivity contribution is -0.347. The molecule has 2 unspecified atom stereocenters. The highest BCUT2D eigenvalue weighted by Gasteiger charge is 2.77. The first-order valence-corrected chi connectivity index (χ1v) is 11.6. The summed E-state index contributed by atoms with van der Waals surface area (Å²) in [6, 6.07) is 0. The third-order valence-electron chi connectivity index (χ3n) is 7.70. The highest BCUT2D eigenvalue weighted by Crippen LogP contribution is 2.61. The molecule has 14 nitrogen and oxygen atoms in total. The third-order valence-corrected chi connectivity index (χ3v) is 7.70. The SMILES string of the molecule is C[C@@H]1OC(O[C@H]2[C@@H]3C=CO[C@@H](OC4O[C@H](CO)[C@@H](O)[C@H](O)[C@H]4O)[C@@H]3[C@@]3(CO)O[C@@H]23)[C@H](O)[C@H](O)[C@H]1O. The zero-order valence-corrected chi connectivity index (χ0v) is 18.8. The van der Waals surface area contributed by atoms with E-state index in [1.807, 2.05) is 0 Å². The summed E-state index contributed by atoms with van der Waals surface area (Å²) in [6.45, 7) is 0.459. The fourth-order valence-corrected chi connectivity index (χ4v) is 5.59. The summed E-state index contributed by atoms with van der Waals surface area (Å²) in [6.07, 6.45) is -13.5. The average Bonchev–Trinajstić information content (AvgIpc) is 3.53. The molecule has 4 heterocycles. The molecule has 8 N–H and O–H groups in total. The molecule has 14 heteroatoms. The van der Waals surface area contributed by atoms with Gasteiger partial charge in [-0.25, -0.2) is 0 Å². The van der Waals surface area contributed by atoms with E-state index in [1.54, 1.807) is 6.08 Å². The fraction of sp³-hybridized carbons (Fsp3) is 0.905. The Balaban J connectivity index is 1.34. The number of hydrogen-bond donors (Lipinski definition) is 8. The molecular formula is C21H32O14. The molecule has 0 aromatic heterocycles. The van der Waals surface area contributed by atoms with Gasteiger partial charge < -0.3 is 69.3 Å². The second-order valence-corrected chi connectivity index (χ2v) is 9.70. The summed E-state index contributed by atoms with van der Waals surface area (Å²) in [5.41, 5.74) is -1.15. The first-order chi connectivity index (χ1) is 16.6. The van der Waals surface area contributed by atoms with E-state index in [-0.39, 0.29) is 0 Å². The molecule has 0 amide bonds. The normalized spacial score (nSPS) is 57.3. The minimum absolute atomic E-state index is 0.434. The third kappa shape index (κ3) is 4.01. The first kappa shape index (κ1) is 25.7. The number of aliphatic hydroxyl groups is 8. The van der Waals surface area contributed by atoms with Crippen molar-refractivity contribution in [1.82, 2.24) is 0 Å². The molecule has 1 aliphatic carbocycles. The molecule has 35 heavy (non-hydrogen) atoms. The van der Waals surface area contributed by atoms with Gasteiger partial charge in [0.2, 0.25) is 6.29 Å². The minimum atomic E-state index is -1.66. The van der Waals surface area contributed by atoms with E-state index in [0.717, 1.165) is 0 Å². The maximum absolute atomic E-state index is 10.4. The molecule has 16 atom stereocenters. The molecule has 5 aliphatic rings. The Bertz CT molecular complexity index is 796. The summed E-state index contributed by atoms with van der Waals surface area (Å²) in [5, 5.41) is 80.4. The predicted molar refractivity (Wildman–Crippen MR) is 108 cm³/mol. The Morgan fingerprint density at radius 3 is 2.11 bits per heavy atom. The van der Waals surface area contributed by atoms with E-state index in [1.165, 1.54) is 13.2 Å². The van der Waals surface area contributed by atoms with Crippen molar-refractivity contribution in [3.05, 3.63) is 12.3 Å². The van der Waals surface area contributed by atoms with Crippen LogP contribution < -0.4 is 0 Å². The smallest absolute Gasteiger partial charge is 0.208 e. The van der Waals surface area contributed by atoms with Crippen LogP contribution in [-0.4, -0.2) is 140 Å². The van der Waals surface area contributed by atoms with Crippen molar-refractivity contribution >= 4 is 0 Å². The van der Waals surface area contributed by atoms with Crippen LogP contribution in [0, 0.1) is 11.8 Å². The van der Waals surface area contributed by atoms with Gasteiger partial charge in [0, 0.05) is 5.92 Å². The van der Waals surface area contributed by atoms with Gasteiger partial charge in [-0.05, 0) is 13.0 Å². The van der Waals surface area contributed by atoms with Crippen LogP contribution in [0.15, 0.2) is 12.3 Å². The van der Waals surface area contributed by atoms with Gasteiger partial charge >= 0.3 is 0 Å². The molecule has 0 radical (unpaired) electrons. The van der Waals surface area contributed by atoms with Crippen LogP contribution in [0.4, 0.5) is 0 Å². The summed E-state index contributed by atoms with van der Waals surface area (Å²) in [5.74, 6) is -1.17. The zero-order valence-electron chi connectivity index (χ0n) is 18.8. The number of hydrogen-bond acceptors (Lipinski definition) is 14. The molecule has 0 aromatic carbocycles. The second kappa shape index (κ2) is 9.40. The molecule has 5 rings (SSSR count). The van der Waals surface area contributed by atoms with E-state index >= 15 is 0 Å². The Labute approximate surface area is 199 Å². The van der Waals surface area contributed by atoms with Crippen molar-refractivity contribution in [2.24, 2.45) is 11.8 Å². The summed E-state index contributed by atoms with van der Waals surface area (Å²) in [7, 11) is 0. The van der Waals surface area contributed by atoms with Crippen LogP contribution in [0.2, 0.25) is 0 Å². The Morgan fingerprint density at radius 2 is 1.46 bits per heavy atom. The lowest BCUT2D eigenvalue weighted by Gasteiger charge is -2.44. The molecule has 4 aliphatic heterocycles. The van der Waals surface area contributed by atoms with Crippen LogP contribution in [0.25, 0.3) is 0 Å². The number of aliphatic hydroxyl groups excluding tert-OH is 8. The van der Waals surface area contributed by atoms with Crippen LogP contribution in [0.3, 0.4) is 0 Å². The second-order valence-electron chi connectivity index (χ2n) is 9.70. The van der Waals surface area contributed by atoms with Gasteiger partial charge in [-0.1, -0.05) is 0 Å². The Hall–Kier alpha value is -0.980. The van der Waals surface area contributed by atoms with E-state index in [9.17, 15) is 40.9 Å². The highest BCUT2D eigenvalue weighted by atomic mass is 16.8. The number of fused-ring (bicyclic) bond motifs is 3. The van der Waals surface area contributed by atoms with E-state index in [0.29, 0.717) is 0 Å². The van der Waals surface area contributed by atoms with Crippen molar-refractivity contribution in [2.75, 3.05) is 13.2 Å². The number of epoxide rings is 1. The summed E-state index contributed by atoms with van der Waals surface area (Å²) in [4.78, 5) is 0. The topological polar surface area (TPSA) is 221 Å². The lowest BCUT2D eigenvalue weighted by Crippen LogP contribution is -2.60. The molecule has 1 saturated carbocycles. The van der Waals surface area contributed by atoms with Crippen LogP contribution in [0.5, 0.6) is 0 Å². The van der Waals surface area contributed by atoms with Gasteiger partial charge in [0.15, 0.2) is 12.6 Å². The highest BCUT2D eigenvalue weighted by molar-refractivity contribution is 5.25. The first-order valence-electron chi connectivity index (χ1n) is 11.6. The van der Waals surface area contributed by atoms with Gasteiger partial charge in [0.05, 0.1) is 37.6 Å². The summed E-state index contributed by atoms with van der Waals surface area (Å²) < 4.78 is 34.2. The molecule has 3 saturated heterocycles. The number of rotatable bonds is 6. The molecule has 200 valence electrons. The molecule has 0 aromatic rings. The Morgan fingerprint density at radius 1 is 0.800 bits per heavy atom. The standard InChI is InChI=1S/C21H32O14/c1-6-10(24)12(26)14(28)19(31-6)33-16-7-2-3-30-18(9(7)21(5-23)17(16)35-21)34-20-15(29)13(27)11(25)8(4-22)32-20/h2-3,6-20,22-29H,4-5H2,1H3/t6-,7+,8+,9+,10-,11+,12+,13-,14+,15+,16-,17-,18-,19?,20?,21+/m0/s1. The van der Waals surface area contributed by atoms with Gasteiger partial charge in [-0.15, -0.1) is 0 Å². The summed E-state index contributed by atoms with van der Waals surface area (Å²) >= 11 is 0. The average molecular weight is 508 g/mol. The van der Waals surface area contributed by atoms with Crippen molar-refractivity contribution < 1.29 is 69.3 Å². The molecule has 0 spiro atoms. The molecule has 4 fully saturated rings. The van der Waals surface area contributed by atoms with Crippen LogP contribution in [-0.2, 0) is 28.4 Å². The van der Waals surface area contributed by atoms with E-state index < -0.39 is 111 Å². The van der Waals surface area contributed by atoms with Crippen molar-refractivity contribution in [3.8, 4) is 0 Å². The predicted octanol–water partition coefficient (Wildman–Crippen LogP) is -4.74. The van der Waals surface area contributed by atoms with Crippen molar-refractivity contribution in [3.63, 3.8) is 0 Å². The number of ether oxygens (including phenoxy) is 6. The zero-order chi connectivity index (χ0) is 25.2. The van der Waals surface area contributed by atoms with Gasteiger partial charge in [0.1, 0.15) is 54.4 Å². The van der Waals surface area contributed by atoms with Gasteiger partial charge in [-0.3, -0.25) is 0 Å². The maximum atomic E-state index is 10.4. The van der Waals surface area contributed by atoms with E-state index in [4.69, 9.17) is 28.4 Å². The maximum Gasteiger partial charge on any atom is 0.208 e. The van der Waals surface area contributed by atoms with Crippen molar-refractivity contribution in [2.45, 2.75) is 92.4 Å². The van der Waals surface area contributed by atoms with Gasteiger partial charge in [-0.2, -0.15) is 0 Å². The minimum Gasteiger partial charge on any atom is -0.472 e. The quantitative estimate of drug-likeness (QED) is 0.158. The van der Waals surface area contributed by atoms with Gasteiger partial charge in [0.25, 0.3) is 0 Å². The van der Waals surface area contributed by atoms with Crippen molar-refractivity contribution in [1.29, 1.82) is 0 Å². The molecule has 0 bridgehead atoms. The molecular weight excluding hydrogens is 476 g/mol. The van der Waals surface area contributed by atoms with Crippen LogP contribution in [0.1, 0.15) is 6.92 Å². The largest absolute Gasteiger partial charge is 0.472 e. The monoisotopic (exact) mass is 508 g/mol. The lowest BCUT2D eigenvalue weighted by atomic mass is 9.85.